The summed E-state index contributed by atoms with van der Waals surface area (Å²) in [6, 6.07) is 0. The first-order chi connectivity index (χ1) is 7.52. The maximum Gasteiger partial charge on any atom is 0.226 e. The van der Waals surface area contributed by atoms with Crippen molar-refractivity contribution in [2.75, 3.05) is 52.3 Å². The summed E-state index contributed by atoms with van der Waals surface area (Å²) < 4.78 is 0. The standard InChI is InChI=1S/C11H24N2O2S/c1-10(9-16-4)11(15)13(3)6-5-12(2)7-8-14/h10,14H,5-9H2,1-4H3. The second-order valence-corrected chi connectivity index (χ2v) is 5.05. The molecule has 0 saturated carbocycles. The minimum atomic E-state index is 0.0862. The molecule has 16 heavy (non-hydrogen) atoms. The lowest BCUT2D eigenvalue weighted by atomic mass is 10.2. The number of carbonyl (C=O) groups is 1. The summed E-state index contributed by atoms with van der Waals surface area (Å²) in [5, 5.41) is 8.74. The van der Waals surface area contributed by atoms with Gasteiger partial charge in [0.05, 0.1) is 6.61 Å². The average Bonchev–Trinajstić information content (AvgIpc) is 2.25. The quantitative estimate of drug-likeness (QED) is 0.674. The summed E-state index contributed by atoms with van der Waals surface area (Å²) >= 11 is 1.70. The van der Waals surface area contributed by atoms with Crippen molar-refractivity contribution >= 4 is 17.7 Å². The van der Waals surface area contributed by atoms with E-state index >= 15 is 0 Å². The fourth-order valence-electron chi connectivity index (χ4n) is 1.41. The fraction of sp³-hybridized carbons (Fsp3) is 0.909. The molecule has 5 heteroatoms. The van der Waals surface area contributed by atoms with Crippen molar-refractivity contribution < 1.29 is 9.90 Å². The molecule has 96 valence electrons. The molecular formula is C11H24N2O2S. The fourth-order valence-corrected chi connectivity index (χ4v) is 2.05. The van der Waals surface area contributed by atoms with Crippen LogP contribution in [0.5, 0.6) is 0 Å². The molecule has 0 aliphatic heterocycles. The molecule has 0 aliphatic carbocycles. The topological polar surface area (TPSA) is 43.8 Å². The number of hydrogen-bond acceptors (Lipinski definition) is 4. The van der Waals surface area contributed by atoms with E-state index < -0.39 is 0 Å². The van der Waals surface area contributed by atoms with E-state index in [0.29, 0.717) is 13.1 Å². The molecular weight excluding hydrogens is 224 g/mol. The van der Waals surface area contributed by atoms with E-state index in [4.69, 9.17) is 5.11 Å². The van der Waals surface area contributed by atoms with Gasteiger partial charge in [0.25, 0.3) is 0 Å². The number of likely N-dealkylation sites (N-methyl/N-ethyl adjacent to an activating group) is 2. The third-order valence-electron chi connectivity index (χ3n) is 2.51. The van der Waals surface area contributed by atoms with Gasteiger partial charge < -0.3 is 14.9 Å². The number of aliphatic hydroxyl groups excluding tert-OH is 1. The van der Waals surface area contributed by atoms with Gasteiger partial charge in [-0.05, 0) is 13.3 Å². The van der Waals surface area contributed by atoms with Gasteiger partial charge in [-0.3, -0.25) is 4.79 Å². The third-order valence-corrected chi connectivity index (χ3v) is 3.35. The van der Waals surface area contributed by atoms with Crippen LogP contribution in [-0.4, -0.2) is 73.2 Å². The van der Waals surface area contributed by atoms with Gasteiger partial charge in [-0.25, -0.2) is 0 Å². The zero-order valence-corrected chi connectivity index (χ0v) is 11.6. The minimum Gasteiger partial charge on any atom is -0.395 e. The summed E-state index contributed by atoms with van der Waals surface area (Å²) in [5.41, 5.74) is 0. The Hall–Kier alpha value is -0.260. The third kappa shape index (κ3) is 6.35. The van der Waals surface area contributed by atoms with E-state index in [1.165, 1.54) is 0 Å². The van der Waals surface area contributed by atoms with Gasteiger partial charge in [-0.2, -0.15) is 11.8 Å². The molecule has 0 heterocycles. The Labute approximate surface area is 103 Å². The van der Waals surface area contributed by atoms with Crippen LogP contribution >= 0.6 is 11.8 Å². The maximum atomic E-state index is 11.8. The van der Waals surface area contributed by atoms with E-state index in [9.17, 15) is 4.79 Å². The molecule has 0 aromatic heterocycles. The molecule has 1 atom stereocenters. The van der Waals surface area contributed by atoms with Crippen molar-refractivity contribution in [2.45, 2.75) is 6.92 Å². The number of amides is 1. The van der Waals surface area contributed by atoms with Gasteiger partial charge >= 0.3 is 0 Å². The summed E-state index contributed by atoms with van der Waals surface area (Å²) in [5.74, 6) is 1.16. The smallest absolute Gasteiger partial charge is 0.226 e. The predicted molar refractivity (Wildman–Crippen MR) is 69.8 cm³/mol. The van der Waals surface area contributed by atoms with Crippen LogP contribution in [0.2, 0.25) is 0 Å². The molecule has 0 radical (unpaired) electrons. The highest BCUT2D eigenvalue weighted by Crippen LogP contribution is 2.07. The molecule has 0 aromatic carbocycles. The molecule has 1 unspecified atom stereocenters. The first-order valence-corrected chi connectivity index (χ1v) is 6.95. The number of carbonyl (C=O) groups excluding carboxylic acids is 1. The molecule has 0 aliphatic rings. The Balaban J connectivity index is 3.86. The molecule has 1 N–H and O–H groups in total. The van der Waals surface area contributed by atoms with Crippen molar-refractivity contribution in [1.29, 1.82) is 0 Å². The molecule has 0 fully saturated rings. The highest BCUT2D eigenvalue weighted by Gasteiger charge is 2.16. The molecule has 0 spiro atoms. The van der Waals surface area contributed by atoms with E-state index in [1.54, 1.807) is 16.7 Å². The first-order valence-electron chi connectivity index (χ1n) is 5.56. The average molecular weight is 248 g/mol. The Morgan fingerprint density at radius 3 is 2.44 bits per heavy atom. The summed E-state index contributed by atoms with van der Waals surface area (Å²) in [6.45, 7) is 4.30. The number of thioether (sulfide) groups is 1. The van der Waals surface area contributed by atoms with E-state index in [0.717, 1.165) is 12.3 Å². The highest BCUT2D eigenvalue weighted by atomic mass is 32.2. The summed E-state index contributed by atoms with van der Waals surface area (Å²) in [6.07, 6.45) is 2.01. The van der Waals surface area contributed by atoms with Crippen molar-refractivity contribution in [2.24, 2.45) is 5.92 Å². The molecule has 0 aromatic rings. The normalized spacial score (nSPS) is 12.9. The van der Waals surface area contributed by atoms with Crippen LogP contribution in [0.3, 0.4) is 0 Å². The maximum absolute atomic E-state index is 11.8. The van der Waals surface area contributed by atoms with Crippen molar-refractivity contribution in [3.05, 3.63) is 0 Å². The van der Waals surface area contributed by atoms with Crippen LogP contribution in [-0.2, 0) is 4.79 Å². The Morgan fingerprint density at radius 2 is 1.94 bits per heavy atom. The summed E-state index contributed by atoms with van der Waals surface area (Å²) in [7, 11) is 3.78. The zero-order chi connectivity index (χ0) is 12.6. The SMILES string of the molecule is CSCC(C)C(=O)N(C)CCN(C)CCO. The molecule has 0 bridgehead atoms. The molecule has 4 nitrogen and oxygen atoms in total. The number of aliphatic hydroxyl groups is 1. The van der Waals surface area contributed by atoms with Crippen LogP contribution in [0.25, 0.3) is 0 Å². The lowest BCUT2D eigenvalue weighted by Crippen LogP contribution is -2.38. The van der Waals surface area contributed by atoms with E-state index in [1.807, 2.05) is 32.2 Å². The van der Waals surface area contributed by atoms with Crippen LogP contribution in [0.1, 0.15) is 6.92 Å². The second kappa shape index (κ2) is 8.84. The highest BCUT2D eigenvalue weighted by molar-refractivity contribution is 7.98. The molecule has 1 amide bonds. The van der Waals surface area contributed by atoms with Gasteiger partial charge in [0.15, 0.2) is 0 Å². The van der Waals surface area contributed by atoms with Gasteiger partial charge in [-0.1, -0.05) is 6.92 Å². The Morgan fingerprint density at radius 1 is 1.31 bits per heavy atom. The molecule has 0 saturated heterocycles. The second-order valence-electron chi connectivity index (χ2n) is 4.14. The van der Waals surface area contributed by atoms with Gasteiger partial charge in [-0.15, -0.1) is 0 Å². The monoisotopic (exact) mass is 248 g/mol. The lowest BCUT2D eigenvalue weighted by molar-refractivity contribution is -0.133. The van der Waals surface area contributed by atoms with Crippen molar-refractivity contribution in [3.8, 4) is 0 Å². The minimum absolute atomic E-state index is 0.0862. The van der Waals surface area contributed by atoms with Crippen LogP contribution in [0.4, 0.5) is 0 Å². The summed E-state index contributed by atoms with van der Waals surface area (Å²) in [4.78, 5) is 15.6. The Bertz CT molecular complexity index is 202. The number of hydrogen-bond donors (Lipinski definition) is 1. The largest absolute Gasteiger partial charge is 0.395 e. The van der Waals surface area contributed by atoms with Crippen LogP contribution in [0, 0.1) is 5.92 Å². The van der Waals surface area contributed by atoms with Crippen molar-refractivity contribution in [1.82, 2.24) is 9.80 Å². The van der Waals surface area contributed by atoms with Gasteiger partial charge in [0, 0.05) is 38.4 Å². The Kier molecular flexibility index (Phi) is 8.70. The first kappa shape index (κ1) is 15.7. The molecule has 0 rings (SSSR count). The van der Waals surface area contributed by atoms with Gasteiger partial charge in [0.2, 0.25) is 5.91 Å². The number of rotatable bonds is 8. The van der Waals surface area contributed by atoms with E-state index in [2.05, 4.69) is 0 Å². The lowest BCUT2D eigenvalue weighted by Gasteiger charge is -2.24. The zero-order valence-electron chi connectivity index (χ0n) is 10.8. The number of nitrogens with zero attached hydrogens (tertiary/aromatic N) is 2. The van der Waals surface area contributed by atoms with E-state index in [-0.39, 0.29) is 18.4 Å². The predicted octanol–water partition coefficient (Wildman–Crippen LogP) is 0.368. The van der Waals surface area contributed by atoms with Crippen LogP contribution in [0.15, 0.2) is 0 Å². The van der Waals surface area contributed by atoms with Crippen molar-refractivity contribution in [3.63, 3.8) is 0 Å². The van der Waals surface area contributed by atoms with Gasteiger partial charge in [0.1, 0.15) is 0 Å². The van der Waals surface area contributed by atoms with Crippen LogP contribution < -0.4 is 0 Å².